The van der Waals surface area contributed by atoms with Crippen molar-refractivity contribution in [2.75, 3.05) is 5.75 Å². The Morgan fingerprint density at radius 2 is 2.47 bits per heavy atom. The molecule has 1 aliphatic rings. The van der Waals surface area contributed by atoms with Crippen LogP contribution in [0.4, 0.5) is 0 Å². The molecule has 0 radical (unpaired) electrons. The van der Waals surface area contributed by atoms with Crippen LogP contribution in [0.3, 0.4) is 0 Å². The summed E-state index contributed by atoms with van der Waals surface area (Å²) in [7, 11) is 0. The Bertz CT molecular complexity index is 548. The zero-order valence-electron chi connectivity index (χ0n) is 10.1. The summed E-state index contributed by atoms with van der Waals surface area (Å²) in [6.07, 6.45) is 3.88. The number of H-pyrrole nitrogens is 1. The number of nitrogens with one attached hydrogen (secondary N) is 2. The van der Waals surface area contributed by atoms with Crippen LogP contribution >= 0.6 is 11.8 Å². The summed E-state index contributed by atoms with van der Waals surface area (Å²) in [4.78, 5) is 11.7. The SMILES string of the molecule is O=C(CSc1nnnn1C1CC1)NCc1ccn[nH]1. The van der Waals surface area contributed by atoms with Gasteiger partial charge in [-0.15, -0.1) is 5.10 Å². The lowest BCUT2D eigenvalue weighted by Gasteiger charge is -2.03. The molecule has 0 unspecified atom stereocenters. The molecule has 0 spiro atoms. The molecule has 0 aromatic carbocycles. The number of thioether (sulfide) groups is 1. The minimum absolute atomic E-state index is 0.0510. The second-order valence-corrected chi connectivity index (χ2v) is 5.23. The van der Waals surface area contributed by atoms with Gasteiger partial charge >= 0.3 is 0 Å². The maximum atomic E-state index is 11.7. The minimum Gasteiger partial charge on any atom is -0.350 e. The maximum Gasteiger partial charge on any atom is 0.230 e. The molecule has 100 valence electrons. The standard InChI is InChI=1S/C10H13N7OS/c18-9(11-5-7-3-4-12-13-7)6-19-10-14-15-16-17(10)8-1-2-8/h3-4,8H,1-2,5-6H2,(H,11,18)(H,12,13). The number of carbonyl (C=O) groups excluding carboxylic acids is 1. The highest BCUT2D eigenvalue weighted by molar-refractivity contribution is 7.99. The van der Waals surface area contributed by atoms with Crippen molar-refractivity contribution in [3.8, 4) is 0 Å². The molecule has 0 saturated heterocycles. The average Bonchev–Trinajstić information content (AvgIpc) is 2.94. The Morgan fingerprint density at radius 3 is 3.21 bits per heavy atom. The van der Waals surface area contributed by atoms with Gasteiger partial charge in [-0.1, -0.05) is 11.8 Å². The fourth-order valence-corrected chi connectivity index (χ4v) is 2.36. The summed E-state index contributed by atoms with van der Waals surface area (Å²) in [6.45, 7) is 0.451. The van der Waals surface area contributed by atoms with Gasteiger partial charge in [0.1, 0.15) is 0 Å². The molecule has 3 rings (SSSR count). The van der Waals surface area contributed by atoms with Crippen molar-refractivity contribution in [3.05, 3.63) is 18.0 Å². The Kier molecular flexibility index (Phi) is 3.45. The van der Waals surface area contributed by atoms with Gasteiger partial charge in [0.15, 0.2) is 0 Å². The van der Waals surface area contributed by atoms with Gasteiger partial charge in [-0.3, -0.25) is 9.89 Å². The van der Waals surface area contributed by atoms with Crippen LogP contribution in [0.1, 0.15) is 24.6 Å². The van der Waals surface area contributed by atoms with Crippen molar-refractivity contribution < 1.29 is 4.79 Å². The van der Waals surface area contributed by atoms with E-state index in [0.717, 1.165) is 18.5 Å². The third-order valence-electron chi connectivity index (χ3n) is 2.72. The molecule has 2 N–H and O–H groups in total. The highest BCUT2D eigenvalue weighted by atomic mass is 32.2. The van der Waals surface area contributed by atoms with E-state index in [0.29, 0.717) is 23.5 Å². The van der Waals surface area contributed by atoms with E-state index in [2.05, 4.69) is 31.0 Å². The molecule has 19 heavy (non-hydrogen) atoms. The van der Waals surface area contributed by atoms with Gasteiger partial charge in [0.05, 0.1) is 24.0 Å². The smallest absolute Gasteiger partial charge is 0.230 e. The quantitative estimate of drug-likeness (QED) is 0.729. The van der Waals surface area contributed by atoms with E-state index >= 15 is 0 Å². The molecular weight excluding hydrogens is 266 g/mol. The molecule has 1 aliphatic carbocycles. The molecular formula is C10H13N7OS. The summed E-state index contributed by atoms with van der Waals surface area (Å²) < 4.78 is 1.80. The van der Waals surface area contributed by atoms with Gasteiger partial charge in [0.2, 0.25) is 11.1 Å². The first kappa shape index (κ1) is 12.2. The van der Waals surface area contributed by atoms with Crippen LogP contribution in [-0.4, -0.2) is 42.1 Å². The monoisotopic (exact) mass is 279 g/mol. The van der Waals surface area contributed by atoms with Crippen LogP contribution in [0.2, 0.25) is 0 Å². The third kappa shape index (κ3) is 3.11. The fourth-order valence-electron chi connectivity index (χ4n) is 1.59. The minimum atomic E-state index is -0.0510. The lowest BCUT2D eigenvalue weighted by atomic mass is 10.4. The topological polar surface area (TPSA) is 101 Å². The molecule has 2 aromatic rings. The van der Waals surface area contributed by atoms with E-state index in [1.807, 2.05) is 6.07 Å². The first-order chi connectivity index (χ1) is 9.33. The summed E-state index contributed by atoms with van der Waals surface area (Å²) in [5, 5.41) is 21.6. The zero-order valence-corrected chi connectivity index (χ0v) is 10.9. The maximum absolute atomic E-state index is 11.7. The average molecular weight is 279 g/mol. The fraction of sp³-hybridized carbons (Fsp3) is 0.500. The molecule has 1 fully saturated rings. The Balaban J connectivity index is 1.46. The largest absolute Gasteiger partial charge is 0.350 e. The predicted molar refractivity (Wildman–Crippen MR) is 67.2 cm³/mol. The number of rotatable bonds is 6. The lowest BCUT2D eigenvalue weighted by molar-refractivity contribution is -0.118. The Morgan fingerprint density at radius 1 is 1.58 bits per heavy atom. The number of carbonyl (C=O) groups is 1. The second kappa shape index (κ2) is 5.39. The van der Waals surface area contributed by atoms with Crippen LogP contribution in [0, 0.1) is 0 Å². The summed E-state index contributed by atoms with van der Waals surface area (Å²) in [6, 6.07) is 2.24. The van der Waals surface area contributed by atoms with Crippen molar-refractivity contribution in [2.45, 2.75) is 30.6 Å². The summed E-state index contributed by atoms with van der Waals surface area (Å²) >= 11 is 1.36. The summed E-state index contributed by atoms with van der Waals surface area (Å²) in [5.74, 6) is 0.256. The number of aromatic nitrogens is 6. The highest BCUT2D eigenvalue weighted by Gasteiger charge is 2.28. The number of tetrazole rings is 1. The molecule has 2 heterocycles. The molecule has 0 atom stereocenters. The van der Waals surface area contributed by atoms with Crippen LogP contribution in [0.25, 0.3) is 0 Å². The van der Waals surface area contributed by atoms with Crippen molar-refractivity contribution in [1.29, 1.82) is 0 Å². The Labute approximate surface area is 113 Å². The van der Waals surface area contributed by atoms with Crippen LogP contribution < -0.4 is 5.32 Å². The molecule has 0 bridgehead atoms. The highest BCUT2D eigenvalue weighted by Crippen LogP contribution is 2.36. The van der Waals surface area contributed by atoms with E-state index < -0.39 is 0 Å². The first-order valence-electron chi connectivity index (χ1n) is 5.98. The van der Waals surface area contributed by atoms with E-state index in [1.165, 1.54) is 11.8 Å². The van der Waals surface area contributed by atoms with Gasteiger partial charge in [0, 0.05) is 6.20 Å². The van der Waals surface area contributed by atoms with E-state index in [4.69, 9.17) is 0 Å². The number of nitrogens with zero attached hydrogens (tertiary/aromatic N) is 5. The number of hydrogen-bond acceptors (Lipinski definition) is 6. The number of amides is 1. The Hall–Kier alpha value is -1.90. The van der Waals surface area contributed by atoms with E-state index in [-0.39, 0.29) is 5.91 Å². The van der Waals surface area contributed by atoms with Crippen LogP contribution in [0.5, 0.6) is 0 Å². The van der Waals surface area contributed by atoms with Gasteiger partial charge in [-0.05, 0) is 29.3 Å². The number of aromatic amines is 1. The van der Waals surface area contributed by atoms with Gasteiger partial charge in [-0.25, -0.2) is 4.68 Å². The van der Waals surface area contributed by atoms with Crippen molar-refractivity contribution in [1.82, 2.24) is 35.7 Å². The molecule has 8 nitrogen and oxygen atoms in total. The molecule has 2 aromatic heterocycles. The van der Waals surface area contributed by atoms with Crippen LogP contribution in [0.15, 0.2) is 17.4 Å². The normalized spacial score (nSPS) is 14.5. The molecule has 9 heteroatoms. The molecule has 1 amide bonds. The zero-order chi connectivity index (χ0) is 13.1. The van der Waals surface area contributed by atoms with Crippen molar-refractivity contribution >= 4 is 17.7 Å². The lowest BCUT2D eigenvalue weighted by Crippen LogP contribution is -2.24. The second-order valence-electron chi connectivity index (χ2n) is 4.28. The van der Waals surface area contributed by atoms with Gasteiger partial charge in [0.25, 0.3) is 0 Å². The predicted octanol–water partition coefficient (Wildman–Crippen LogP) is 0.140. The third-order valence-corrected chi connectivity index (χ3v) is 3.66. The summed E-state index contributed by atoms with van der Waals surface area (Å²) in [5.41, 5.74) is 0.876. The number of hydrogen-bond donors (Lipinski definition) is 2. The van der Waals surface area contributed by atoms with E-state index in [9.17, 15) is 4.79 Å². The van der Waals surface area contributed by atoms with Gasteiger partial charge < -0.3 is 5.32 Å². The van der Waals surface area contributed by atoms with Crippen LogP contribution in [-0.2, 0) is 11.3 Å². The van der Waals surface area contributed by atoms with E-state index in [1.54, 1.807) is 10.9 Å². The van der Waals surface area contributed by atoms with Crippen molar-refractivity contribution in [3.63, 3.8) is 0 Å². The van der Waals surface area contributed by atoms with Crippen molar-refractivity contribution in [2.24, 2.45) is 0 Å². The molecule has 1 saturated carbocycles. The van der Waals surface area contributed by atoms with Gasteiger partial charge in [-0.2, -0.15) is 5.10 Å². The first-order valence-corrected chi connectivity index (χ1v) is 6.97. The molecule has 0 aliphatic heterocycles.